The van der Waals surface area contributed by atoms with E-state index in [0.717, 1.165) is 117 Å². The fourth-order valence-corrected chi connectivity index (χ4v) is 16.7. The number of ether oxygens (including phenoxy) is 1. The lowest BCUT2D eigenvalue weighted by Gasteiger charge is -2.33. The number of nitrogens with zero attached hydrogens (tertiary/aromatic N) is 7. The van der Waals surface area contributed by atoms with Crippen LogP contribution in [0.3, 0.4) is 0 Å². The molecule has 97 heavy (non-hydrogen) atoms. The van der Waals surface area contributed by atoms with Crippen molar-refractivity contribution in [3.63, 3.8) is 0 Å². The third kappa shape index (κ3) is 16.2. The minimum atomic E-state index is -0.0895. The second-order valence-corrected chi connectivity index (χ2v) is 29.8. The van der Waals surface area contributed by atoms with Crippen molar-refractivity contribution in [1.82, 2.24) is 43.9 Å². The number of nitrogens with one attached hydrogen (secondary N) is 2. The van der Waals surface area contributed by atoms with Gasteiger partial charge in [-0.3, -0.25) is 28.8 Å². The summed E-state index contributed by atoms with van der Waals surface area (Å²) < 4.78 is 20.5. The molecule has 0 spiro atoms. The van der Waals surface area contributed by atoms with Gasteiger partial charge in [0.2, 0.25) is 17.7 Å². The summed E-state index contributed by atoms with van der Waals surface area (Å²) in [7, 11) is 0. The van der Waals surface area contributed by atoms with Gasteiger partial charge >= 0.3 is 0 Å². The molecule has 17 nitrogen and oxygen atoms in total. The van der Waals surface area contributed by atoms with Crippen molar-refractivity contribution in [2.75, 3.05) is 65.5 Å². The van der Waals surface area contributed by atoms with E-state index in [0.29, 0.717) is 124 Å². The van der Waals surface area contributed by atoms with Crippen LogP contribution in [0.2, 0.25) is 15.1 Å². The van der Waals surface area contributed by atoms with E-state index in [1.807, 2.05) is 122 Å². The Morgan fingerprint density at radius 3 is 1.21 bits per heavy atom. The molecule has 6 amide bonds. The van der Waals surface area contributed by atoms with Crippen molar-refractivity contribution in [3.05, 3.63) is 198 Å². The van der Waals surface area contributed by atoms with Crippen LogP contribution in [0.15, 0.2) is 148 Å². The zero-order chi connectivity index (χ0) is 66.9. The van der Waals surface area contributed by atoms with Gasteiger partial charge in [-0.2, -0.15) is 0 Å². The van der Waals surface area contributed by atoms with E-state index >= 15 is 0 Å². The third-order valence-electron chi connectivity index (χ3n) is 19.4. The van der Waals surface area contributed by atoms with Crippen LogP contribution in [-0.2, 0) is 45.3 Å². The van der Waals surface area contributed by atoms with Gasteiger partial charge in [0.1, 0.15) is 22.8 Å². The minimum Gasteiger partial charge on any atom is -0.467 e. The lowest BCUT2D eigenvalue weighted by Crippen LogP contribution is -2.44. The van der Waals surface area contributed by atoms with Gasteiger partial charge < -0.3 is 53.1 Å². The number of hydrogen-bond acceptors (Lipinski definition) is 11. The largest absolute Gasteiger partial charge is 0.467 e. The Morgan fingerprint density at radius 1 is 0.443 bits per heavy atom. The SMILES string of the molecule is O=C(NCC1CCCO1)C1CCN(C(=O)c2cc3sccc3n2Cc2ccc(Cl)cc2)CC1.O=C(NCc1ccco1)C1CCN(C(=O)c2cc3sccc3n2Cc2ccc(Cl)cc2)CC1.O=C(c1cc2sccc2n1Cc1ccc(Cl)cc1)N1CCC(C(=O)N2CCCC2)CC1. The highest BCUT2D eigenvalue weighted by molar-refractivity contribution is 7.17. The summed E-state index contributed by atoms with van der Waals surface area (Å²) in [4.78, 5) is 85.9. The van der Waals surface area contributed by atoms with Crippen molar-refractivity contribution in [2.24, 2.45) is 17.8 Å². The molecule has 5 fully saturated rings. The van der Waals surface area contributed by atoms with Crippen molar-refractivity contribution in [2.45, 2.75) is 96.5 Å². The van der Waals surface area contributed by atoms with Crippen LogP contribution < -0.4 is 10.6 Å². The number of carbonyl (C=O) groups excluding carboxylic acids is 6. The van der Waals surface area contributed by atoms with E-state index in [4.69, 9.17) is 44.0 Å². The monoisotopic (exact) mass is 1420 g/mol. The molecule has 5 aliphatic rings. The summed E-state index contributed by atoms with van der Waals surface area (Å²) in [5.41, 5.74) is 8.62. The Balaban J connectivity index is 0.000000131. The Morgan fingerprint density at radius 2 is 0.835 bits per heavy atom. The van der Waals surface area contributed by atoms with Crippen LogP contribution >= 0.6 is 68.8 Å². The first-order valence-corrected chi connectivity index (χ1v) is 37.3. The van der Waals surface area contributed by atoms with Gasteiger partial charge in [0.05, 0.1) is 49.6 Å². The lowest BCUT2D eigenvalue weighted by atomic mass is 9.95. The number of aromatic nitrogens is 3. The normalized spacial score (nSPS) is 17.2. The maximum absolute atomic E-state index is 13.5. The highest BCUT2D eigenvalue weighted by atomic mass is 35.5. The topological polar surface area (TPSA) is 177 Å². The quantitative estimate of drug-likeness (QED) is 0.0960. The number of rotatable bonds is 16. The Kier molecular flexibility index (Phi) is 22.0. The number of halogens is 3. The predicted octanol–water partition coefficient (Wildman–Crippen LogP) is 14.6. The molecule has 5 aliphatic heterocycles. The zero-order valence-electron chi connectivity index (χ0n) is 53.9. The summed E-state index contributed by atoms with van der Waals surface area (Å²) in [6, 6.07) is 39.1. The predicted molar refractivity (Wildman–Crippen MR) is 385 cm³/mol. The van der Waals surface area contributed by atoms with E-state index in [2.05, 4.69) is 53.3 Å². The molecule has 7 aromatic heterocycles. The molecule has 506 valence electrons. The fourth-order valence-electron chi connectivity index (χ4n) is 13.9. The van der Waals surface area contributed by atoms with E-state index in [1.54, 1.807) is 46.3 Å². The number of furan rings is 1. The van der Waals surface area contributed by atoms with Crippen molar-refractivity contribution >= 4 is 135 Å². The maximum atomic E-state index is 13.5. The first kappa shape index (κ1) is 67.9. The van der Waals surface area contributed by atoms with Crippen LogP contribution in [0, 0.1) is 17.8 Å². The first-order chi connectivity index (χ1) is 47.3. The number of piperidine rings is 3. The number of thiophene rings is 3. The molecule has 1 unspecified atom stereocenters. The molecule has 23 heteroatoms. The van der Waals surface area contributed by atoms with Crippen LogP contribution in [-0.4, -0.2) is 140 Å². The summed E-state index contributed by atoms with van der Waals surface area (Å²) in [5, 5.41) is 14.2. The van der Waals surface area contributed by atoms with Crippen LogP contribution in [0.4, 0.5) is 0 Å². The lowest BCUT2D eigenvalue weighted by molar-refractivity contribution is -0.135. The smallest absolute Gasteiger partial charge is 0.270 e. The molecule has 2 N–H and O–H groups in total. The molecule has 5 saturated heterocycles. The van der Waals surface area contributed by atoms with Gasteiger partial charge in [0, 0.05) is 118 Å². The van der Waals surface area contributed by atoms with E-state index < -0.39 is 0 Å². The number of amides is 6. The van der Waals surface area contributed by atoms with Gasteiger partial charge in [-0.1, -0.05) is 71.2 Å². The van der Waals surface area contributed by atoms with Crippen LogP contribution in [0.1, 0.15) is 118 Å². The average molecular weight is 1420 g/mol. The second-order valence-electron chi connectivity index (χ2n) is 25.6. The molecule has 10 aromatic rings. The third-order valence-corrected chi connectivity index (χ3v) is 22.7. The number of likely N-dealkylation sites (tertiary alicyclic amines) is 4. The van der Waals surface area contributed by atoms with E-state index in [9.17, 15) is 28.8 Å². The van der Waals surface area contributed by atoms with Crippen LogP contribution in [0.25, 0.3) is 30.6 Å². The van der Waals surface area contributed by atoms with Gasteiger partial charge in [-0.15, -0.1) is 34.0 Å². The molecule has 3 aromatic carbocycles. The molecule has 12 heterocycles. The van der Waals surface area contributed by atoms with Crippen LogP contribution in [0.5, 0.6) is 0 Å². The number of fused-ring (bicyclic) bond motifs is 3. The fraction of sp³-hybridized carbons (Fsp3) is 0.378. The summed E-state index contributed by atoms with van der Waals surface area (Å²) in [6.07, 6.45) is 10.3. The molecular weight excluding hydrogens is 1350 g/mol. The highest BCUT2D eigenvalue weighted by Crippen LogP contribution is 2.33. The average Bonchev–Trinajstić information content (AvgIpc) is 1.65. The van der Waals surface area contributed by atoms with Crippen molar-refractivity contribution in [1.29, 1.82) is 0 Å². The summed E-state index contributed by atoms with van der Waals surface area (Å²) in [6.45, 7) is 9.01. The molecular formula is C74H78Cl3N9O8S3. The van der Waals surface area contributed by atoms with E-state index in [-0.39, 0.29) is 59.3 Å². The maximum Gasteiger partial charge on any atom is 0.270 e. The van der Waals surface area contributed by atoms with Crippen molar-refractivity contribution < 1.29 is 37.9 Å². The molecule has 0 radical (unpaired) electrons. The van der Waals surface area contributed by atoms with Gasteiger partial charge in [0.25, 0.3) is 17.7 Å². The molecule has 0 aliphatic carbocycles. The number of carbonyl (C=O) groups is 6. The minimum absolute atomic E-state index is 0.0156. The van der Waals surface area contributed by atoms with Gasteiger partial charge in [-0.25, -0.2) is 0 Å². The zero-order valence-corrected chi connectivity index (χ0v) is 58.6. The summed E-state index contributed by atoms with van der Waals surface area (Å²) in [5.74, 6) is 1.17. The number of benzene rings is 3. The highest BCUT2D eigenvalue weighted by Gasteiger charge is 2.35. The van der Waals surface area contributed by atoms with E-state index in [1.165, 1.54) is 0 Å². The second kappa shape index (κ2) is 31.4. The molecule has 0 bridgehead atoms. The molecule has 1 atom stereocenters. The van der Waals surface area contributed by atoms with Gasteiger partial charge in [-0.05, 0) is 182 Å². The Labute approximate surface area is 590 Å². The van der Waals surface area contributed by atoms with Gasteiger partial charge in [0.15, 0.2) is 0 Å². The first-order valence-electron chi connectivity index (χ1n) is 33.6. The standard InChI is InChI=1S/C25H28ClN3O3S.C25H24ClN3O3S.C24H26ClN3O2S/c2*26-19-5-3-17(4-6-19)16-29-21-9-13-33-23(21)14-22(29)25(31)28-10-7-18(8-11-28)24(30)27-15-20-2-1-12-32-20;25-19-5-3-17(4-6-19)16-28-20-9-14-31-22(20)15-21(28)24(30)27-12-7-18(8-13-27)23(29)26-10-1-2-11-26/h3-6,9,13-14,18,20H,1-2,7-8,10-12,15-16H2,(H,27,30);1-6,9,12-14,18H,7-8,10-11,15-16H2,(H,27,30);3-6,9,14-15,18H,1-2,7-8,10-13,16H2. The Hall–Kier alpha value is -7.69. The summed E-state index contributed by atoms with van der Waals surface area (Å²) >= 11 is 23.0. The molecule has 0 saturated carbocycles. The number of hydrogen-bond donors (Lipinski definition) is 2. The molecule has 15 rings (SSSR count). The Bertz CT molecular complexity index is 4350. The van der Waals surface area contributed by atoms with Crippen molar-refractivity contribution in [3.8, 4) is 0 Å².